The number of aliphatic hydroxyl groups excluding tert-OH is 2. The number of hydrogen-bond donors (Lipinski definition) is 3. The summed E-state index contributed by atoms with van der Waals surface area (Å²) in [4.78, 5) is 17.6. The Balaban J connectivity index is 3.18. The lowest BCUT2D eigenvalue weighted by atomic mass is 10.0. The van der Waals surface area contributed by atoms with Crippen molar-refractivity contribution in [1.29, 1.82) is 0 Å². The molecule has 4 unspecified atom stereocenters. The zero-order valence-corrected chi connectivity index (χ0v) is 12.0. The van der Waals surface area contributed by atoms with Gasteiger partial charge in [-0.3, -0.25) is 4.57 Å². The maximum absolute atomic E-state index is 13.4. The maximum Gasteiger partial charge on any atom is 0.351 e. The van der Waals surface area contributed by atoms with E-state index in [1.807, 2.05) is 0 Å². The van der Waals surface area contributed by atoms with Crippen molar-refractivity contribution >= 4 is 5.82 Å². The molecule has 0 radical (unpaired) electrons. The number of rotatable bonds is 7. The van der Waals surface area contributed by atoms with Crippen LogP contribution in [-0.4, -0.2) is 44.4 Å². The highest BCUT2D eigenvalue weighted by Gasteiger charge is 2.43. The molecule has 0 amide bonds. The first kappa shape index (κ1) is 17.9. The van der Waals surface area contributed by atoms with E-state index in [0.717, 1.165) is 11.5 Å². The SMILES string of the molecule is CC(F)C(O)C(CO)(N=[N+]=[N-])OC(C)n1ccc(N)nc1=O. The monoisotopic (exact) mass is 316 g/mol. The fourth-order valence-corrected chi connectivity index (χ4v) is 1.80. The first-order chi connectivity index (χ1) is 10.3. The third kappa shape index (κ3) is 3.71. The number of nitrogen functional groups attached to an aromatic ring is 1. The molecular formula is C11H17FN6O4. The number of nitrogens with two attached hydrogens (primary N) is 1. The first-order valence-corrected chi connectivity index (χ1v) is 6.29. The molecule has 122 valence electrons. The van der Waals surface area contributed by atoms with Crippen LogP contribution in [0.1, 0.15) is 20.1 Å². The van der Waals surface area contributed by atoms with Crippen LogP contribution in [0.4, 0.5) is 10.2 Å². The second kappa shape index (κ2) is 7.18. The quantitative estimate of drug-likeness (QED) is 0.367. The van der Waals surface area contributed by atoms with Crippen molar-refractivity contribution in [2.75, 3.05) is 12.3 Å². The highest BCUT2D eigenvalue weighted by atomic mass is 19.1. The molecule has 10 nitrogen and oxygen atoms in total. The summed E-state index contributed by atoms with van der Waals surface area (Å²) in [6.07, 6.45) is -3.65. The number of aliphatic hydroxyl groups is 2. The minimum absolute atomic E-state index is 0.00525. The Kier molecular flexibility index (Phi) is 5.83. The first-order valence-electron chi connectivity index (χ1n) is 6.29. The molecule has 11 heteroatoms. The Morgan fingerprint density at radius 3 is 2.77 bits per heavy atom. The normalized spacial score (nSPS) is 17.9. The van der Waals surface area contributed by atoms with Gasteiger partial charge in [0.15, 0.2) is 0 Å². The van der Waals surface area contributed by atoms with Gasteiger partial charge < -0.3 is 20.7 Å². The van der Waals surface area contributed by atoms with Crippen LogP contribution in [0, 0.1) is 0 Å². The highest BCUT2D eigenvalue weighted by molar-refractivity contribution is 5.23. The predicted molar refractivity (Wildman–Crippen MR) is 74.2 cm³/mol. The Labute approximate surface area is 124 Å². The van der Waals surface area contributed by atoms with Crippen LogP contribution in [0.5, 0.6) is 0 Å². The van der Waals surface area contributed by atoms with Crippen LogP contribution < -0.4 is 11.4 Å². The summed E-state index contributed by atoms with van der Waals surface area (Å²) in [5.41, 5.74) is 10.9. The van der Waals surface area contributed by atoms with Gasteiger partial charge in [-0.2, -0.15) is 4.98 Å². The highest BCUT2D eigenvalue weighted by Crippen LogP contribution is 2.27. The molecule has 0 aliphatic rings. The van der Waals surface area contributed by atoms with Crippen molar-refractivity contribution in [3.8, 4) is 0 Å². The number of aromatic nitrogens is 2. The smallest absolute Gasteiger partial charge is 0.351 e. The molecule has 4 atom stereocenters. The molecule has 0 fully saturated rings. The minimum Gasteiger partial charge on any atom is -0.393 e. The second-order valence-electron chi connectivity index (χ2n) is 4.57. The van der Waals surface area contributed by atoms with Gasteiger partial charge >= 0.3 is 5.69 Å². The standard InChI is InChI=1S/C11H17FN6O4/c1-6(12)9(20)11(5-19,16-17-14)22-7(2)18-4-3-8(13)15-10(18)21/h3-4,6-7,9,19-20H,5H2,1-2H3,(H2,13,15,21). The Morgan fingerprint density at radius 2 is 2.32 bits per heavy atom. The van der Waals surface area contributed by atoms with Crippen molar-refractivity contribution < 1.29 is 19.3 Å². The van der Waals surface area contributed by atoms with E-state index in [0.29, 0.717) is 0 Å². The number of nitrogens with zero attached hydrogens (tertiary/aromatic N) is 5. The van der Waals surface area contributed by atoms with E-state index in [4.69, 9.17) is 16.0 Å². The van der Waals surface area contributed by atoms with E-state index in [1.54, 1.807) is 0 Å². The van der Waals surface area contributed by atoms with Gasteiger partial charge in [-0.25, -0.2) is 9.18 Å². The number of ether oxygens (including phenoxy) is 1. The van der Waals surface area contributed by atoms with E-state index in [1.165, 1.54) is 19.2 Å². The van der Waals surface area contributed by atoms with Gasteiger partial charge in [0.2, 0.25) is 5.72 Å². The molecule has 0 aliphatic heterocycles. The average Bonchev–Trinajstić information content (AvgIpc) is 2.45. The van der Waals surface area contributed by atoms with E-state index in [2.05, 4.69) is 15.0 Å². The van der Waals surface area contributed by atoms with Crippen molar-refractivity contribution in [3.63, 3.8) is 0 Å². The summed E-state index contributed by atoms with van der Waals surface area (Å²) >= 11 is 0. The molecule has 0 saturated heterocycles. The summed E-state index contributed by atoms with van der Waals surface area (Å²) in [5, 5.41) is 22.4. The molecule has 1 heterocycles. The Bertz CT molecular complexity index is 617. The van der Waals surface area contributed by atoms with E-state index in [-0.39, 0.29) is 5.82 Å². The van der Waals surface area contributed by atoms with Gasteiger partial charge in [-0.05, 0) is 25.4 Å². The third-order valence-electron chi connectivity index (χ3n) is 2.96. The van der Waals surface area contributed by atoms with Crippen molar-refractivity contribution in [3.05, 3.63) is 33.2 Å². The molecule has 22 heavy (non-hydrogen) atoms. The van der Waals surface area contributed by atoms with Gasteiger partial charge in [0.1, 0.15) is 24.3 Å². The molecule has 1 aromatic heterocycles. The van der Waals surface area contributed by atoms with Crippen LogP contribution in [0.3, 0.4) is 0 Å². The van der Waals surface area contributed by atoms with E-state index >= 15 is 0 Å². The van der Waals surface area contributed by atoms with Gasteiger partial charge in [0.05, 0.1) is 6.61 Å². The fourth-order valence-electron chi connectivity index (χ4n) is 1.80. The molecule has 0 aromatic carbocycles. The molecule has 1 rings (SSSR count). The van der Waals surface area contributed by atoms with Gasteiger partial charge in [-0.1, -0.05) is 5.11 Å². The van der Waals surface area contributed by atoms with Crippen molar-refractivity contribution in [1.82, 2.24) is 9.55 Å². The van der Waals surface area contributed by atoms with Crippen molar-refractivity contribution in [2.24, 2.45) is 5.11 Å². The number of alkyl halides is 1. The summed E-state index contributed by atoms with van der Waals surface area (Å²) in [7, 11) is 0. The zero-order valence-electron chi connectivity index (χ0n) is 12.0. The number of hydrogen-bond acceptors (Lipinski definition) is 7. The van der Waals surface area contributed by atoms with Gasteiger partial charge in [-0.15, -0.1) is 0 Å². The molecule has 0 spiro atoms. The van der Waals surface area contributed by atoms with Crippen molar-refractivity contribution in [2.45, 2.75) is 38.1 Å². The average molecular weight is 316 g/mol. The lowest BCUT2D eigenvalue weighted by molar-refractivity contribution is -0.201. The van der Waals surface area contributed by atoms with E-state index in [9.17, 15) is 19.4 Å². The van der Waals surface area contributed by atoms with Crippen LogP contribution in [-0.2, 0) is 4.74 Å². The van der Waals surface area contributed by atoms with Gasteiger partial charge in [0, 0.05) is 11.1 Å². The Morgan fingerprint density at radius 1 is 1.68 bits per heavy atom. The summed E-state index contributed by atoms with van der Waals surface area (Å²) < 4.78 is 19.6. The Hall–Kier alpha value is -2.20. The summed E-state index contributed by atoms with van der Waals surface area (Å²) in [5.74, 6) is -0.00525. The molecule has 0 aliphatic carbocycles. The lowest BCUT2D eigenvalue weighted by Crippen LogP contribution is -2.51. The molecule has 1 aromatic rings. The summed E-state index contributed by atoms with van der Waals surface area (Å²) in [6.45, 7) is 1.38. The molecule has 4 N–H and O–H groups in total. The predicted octanol–water partition coefficient (Wildman–Crippen LogP) is 0.0784. The largest absolute Gasteiger partial charge is 0.393 e. The lowest BCUT2D eigenvalue weighted by Gasteiger charge is -2.35. The second-order valence-corrected chi connectivity index (χ2v) is 4.57. The zero-order chi connectivity index (χ0) is 16.9. The molecular weight excluding hydrogens is 299 g/mol. The van der Waals surface area contributed by atoms with Crippen LogP contribution in [0.25, 0.3) is 10.4 Å². The van der Waals surface area contributed by atoms with E-state index < -0.39 is 36.5 Å². The number of anilines is 1. The van der Waals surface area contributed by atoms with Gasteiger partial charge in [0.25, 0.3) is 0 Å². The fraction of sp³-hybridized carbons (Fsp3) is 0.636. The van der Waals surface area contributed by atoms with Crippen LogP contribution >= 0.6 is 0 Å². The van der Waals surface area contributed by atoms with Crippen LogP contribution in [0.15, 0.2) is 22.2 Å². The maximum atomic E-state index is 13.4. The topological polar surface area (TPSA) is 159 Å². The number of halogens is 1. The minimum atomic E-state index is -2.29. The molecule has 0 saturated carbocycles. The number of azide groups is 1. The van der Waals surface area contributed by atoms with Crippen LogP contribution in [0.2, 0.25) is 0 Å². The summed E-state index contributed by atoms with van der Waals surface area (Å²) in [6, 6.07) is 1.32. The third-order valence-corrected chi connectivity index (χ3v) is 2.96. The molecule has 0 bridgehead atoms.